The van der Waals surface area contributed by atoms with Gasteiger partial charge in [0.2, 0.25) is 5.79 Å². The van der Waals surface area contributed by atoms with Gasteiger partial charge in [0.15, 0.2) is 0 Å². The maximum absolute atomic E-state index is 13.2. The van der Waals surface area contributed by atoms with E-state index in [1.165, 1.54) is 24.3 Å². The Bertz CT molecular complexity index is 1410. The summed E-state index contributed by atoms with van der Waals surface area (Å²) in [5.74, 6) is -1.50. The van der Waals surface area contributed by atoms with Crippen LogP contribution in [0, 0.1) is 5.41 Å². The van der Waals surface area contributed by atoms with Gasteiger partial charge in [-0.1, -0.05) is 31.5 Å². The number of nitrogens with one attached hydrogen (secondary N) is 2. The third-order valence-corrected chi connectivity index (χ3v) is 7.06. The maximum Gasteiger partial charge on any atom is 0.390 e. The van der Waals surface area contributed by atoms with Gasteiger partial charge in [-0.2, -0.15) is 18.3 Å². The lowest BCUT2D eigenvalue weighted by molar-refractivity contribution is -0.277. The zero-order valence-electron chi connectivity index (χ0n) is 23.3. The number of hydrogen-bond donors (Lipinski definition) is 3. The summed E-state index contributed by atoms with van der Waals surface area (Å²) >= 11 is 6.24. The summed E-state index contributed by atoms with van der Waals surface area (Å²) in [6.07, 6.45) is -3.96. The highest BCUT2D eigenvalue weighted by atomic mass is 35.5. The number of halogens is 4. The number of urea groups is 1. The van der Waals surface area contributed by atoms with E-state index in [1.54, 1.807) is 22.9 Å². The van der Waals surface area contributed by atoms with Gasteiger partial charge in [0, 0.05) is 29.1 Å². The summed E-state index contributed by atoms with van der Waals surface area (Å²) in [7, 11) is 0. The first-order valence-electron chi connectivity index (χ1n) is 13.7. The molecule has 1 saturated heterocycles. The van der Waals surface area contributed by atoms with E-state index in [4.69, 9.17) is 31.6 Å². The molecule has 1 aromatic heterocycles. The molecule has 0 saturated carbocycles. The van der Waals surface area contributed by atoms with E-state index in [-0.39, 0.29) is 17.9 Å². The second-order valence-corrected chi connectivity index (χ2v) is 9.98. The molecule has 5 rings (SSSR count). The Labute approximate surface area is 246 Å². The fourth-order valence-electron chi connectivity index (χ4n) is 4.93. The molecule has 1 spiro atoms. The van der Waals surface area contributed by atoms with Crippen LogP contribution in [0.5, 0.6) is 5.75 Å². The van der Waals surface area contributed by atoms with Gasteiger partial charge in [-0.15, -0.1) is 0 Å². The zero-order chi connectivity index (χ0) is 30.5. The van der Waals surface area contributed by atoms with Crippen molar-refractivity contribution in [3.8, 4) is 11.4 Å². The first kappa shape index (κ1) is 31.3. The number of amides is 2. The lowest BCUT2D eigenvalue weighted by Gasteiger charge is -2.34. The topological polar surface area (TPSA) is 113 Å². The van der Waals surface area contributed by atoms with Gasteiger partial charge in [-0.05, 0) is 55.3 Å². The van der Waals surface area contributed by atoms with Crippen molar-refractivity contribution in [1.82, 2.24) is 20.0 Å². The molecule has 2 aliphatic rings. The number of hydrogen-bond acceptors (Lipinski definition) is 6. The van der Waals surface area contributed by atoms with Crippen molar-refractivity contribution in [2.75, 3.05) is 19.8 Å². The number of fused-ring (bicyclic) bond motifs is 2. The molecule has 1 aliphatic carbocycles. The normalized spacial score (nSPS) is 15.5. The molecule has 9 nitrogen and oxygen atoms in total. The lowest BCUT2D eigenvalue weighted by Crippen LogP contribution is -2.45. The monoisotopic (exact) mass is 607 g/mol. The minimum atomic E-state index is -4.53. The van der Waals surface area contributed by atoms with Gasteiger partial charge in [0.25, 0.3) is 0 Å². The number of aromatic nitrogens is 2. The molecular weight excluding hydrogens is 575 g/mol. The predicted octanol–water partition coefficient (Wildman–Crippen LogP) is 6.28. The van der Waals surface area contributed by atoms with Gasteiger partial charge in [-0.3, -0.25) is 10.3 Å². The number of carbonyl (C=O) groups excluding carboxylic acids is 1. The summed E-state index contributed by atoms with van der Waals surface area (Å²) in [6.45, 7) is 4.17. The fourth-order valence-corrected chi connectivity index (χ4v) is 5.12. The molecule has 3 N–H and O–H groups in total. The molecule has 42 heavy (non-hydrogen) atoms. The SMILES string of the molecule is CC.N=C(c1ccc(O)cc1)N(CCC(F)(F)F)C(=O)NCc1nn(-c2cccc(Cl)c2)c2c1CCC21OCCCO1. The Morgan fingerprint density at radius 3 is 2.52 bits per heavy atom. The minimum Gasteiger partial charge on any atom is -0.508 e. The van der Waals surface area contributed by atoms with Crippen LogP contribution in [0.3, 0.4) is 0 Å². The van der Waals surface area contributed by atoms with Crippen LogP contribution in [0.1, 0.15) is 55.6 Å². The van der Waals surface area contributed by atoms with Gasteiger partial charge in [0.1, 0.15) is 17.3 Å². The average molecular weight is 608 g/mol. The molecule has 2 heterocycles. The summed E-state index contributed by atoms with van der Waals surface area (Å²) in [6, 6.07) is 11.5. The second-order valence-electron chi connectivity index (χ2n) is 9.54. The van der Waals surface area contributed by atoms with Crippen molar-refractivity contribution in [2.24, 2.45) is 0 Å². The predicted molar refractivity (Wildman–Crippen MR) is 151 cm³/mol. The van der Waals surface area contributed by atoms with Crippen molar-refractivity contribution >= 4 is 23.5 Å². The number of aromatic hydroxyl groups is 1. The standard InChI is InChI=1S/C27H27ClF3N5O4.C2H6/c28-18-3-1-4-19(15-18)36-23-21(9-10-26(23)39-13-2-14-40-26)22(34-36)16-33-25(38)35(12-11-27(29,30)31)24(32)17-5-7-20(37)8-6-17;1-2/h1,3-8,15,32,37H,2,9-14,16H2,(H,33,38);1-2H3. The molecular formula is C29H33ClF3N5O4. The highest BCUT2D eigenvalue weighted by molar-refractivity contribution is 6.30. The van der Waals surface area contributed by atoms with E-state index < -0.39 is 36.8 Å². The van der Waals surface area contributed by atoms with E-state index in [9.17, 15) is 23.1 Å². The van der Waals surface area contributed by atoms with E-state index in [1.807, 2.05) is 19.9 Å². The highest BCUT2D eigenvalue weighted by Gasteiger charge is 2.48. The summed E-state index contributed by atoms with van der Waals surface area (Å²) in [5.41, 5.74) is 2.86. The Morgan fingerprint density at radius 2 is 1.88 bits per heavy atom. The largest absolute Gasteiger partial charge is 0.508 e. The van der Waals surface area contributed by atoms with E-state index in [0.717, 1.165) is 16.9 Å². The number of rotatable bonds is 6. The van der Waals surface area contributed by atoms with Gasteiger partial charge < -0.3 is 19.9 Å². The number of amidine groups is 1. The quantitative estimate of drug-likeness (QED) is 0.225. The third-order valence-electron chi connectivity index (χ3n) is 6.83. The number of carbonyl (C=O) groups is 1. The number of benzene rings is 2. The van der Waals surface area contributed by atoms with Crippen LogP contribution >= 0.6 is 11.6 Å². The Balaban J connectivity index is 0.00000198. The van der Waals surface area contributed by atoms with Crippen LogP contribution in [-0.4, -0.2) is 57.6 Å². The Hall–Kier alpha value is -3.61. The van der Waals surface area contributed by atoms with Crippen LogP contribution in [0.25, 0.3) is 5.69 Å². The molecule has 1 aliphatic heterocycles. The first-order valence-corrected chi connectivity index (χ1v) is 14.1. The number of alkyl halides is 3. The Kier molecular flexibility index (Phi) is 9.80. The van der Waals surface area contributed by atoms with Crippen molar-refractivity contribution in [1.29, 1.82) is 5.41 Å². The van der Waals surface area contributed by atoms with Crippen LogP contribution in [-0.2, 0) is 28.2 Å². The second kappa shape index (κ2) is 13.1. The van der Waals surface area contributed by atoms with Crippen LogP contribution in [0.4, 0.5) is 18.0 Å². The molecule has 0 radical (unpaired) electrons. The fraction of sp³-hybridized carbons (Fsp3) is 0.414. The molecule has 0 atom stereocenters. The molecule has 226 valence electrons. The maximum atomic E-state index is 13.2. The molecule has 0 bridgehead atoms. The molecule has 2 aromatic carbocycles. The molecule has 3 aromatic rings. The molecule has 13 heteroatoms. The van der Waals surface area contributed by atoms with Crippen molar-refractivity contribution in [3.63, 3.8) is 0 Å². The van der Waals surface area contributed by atoms with Crippen LogP contribution in [0.2, 0.25) is 5.02 Å². The van der Waals surface area contributed by atoms with Crippen molar-refractivity contribution in [3.05, 3.63) is 76.1 Å². The molecule has 2 amide bonds. The summed E-state index contributed by atoms with van der Waals surface area (Å²) < 4.78 is 53.1. The molecule has 1 fully saturated rings. The van der Waals surface area contributed by atoms with Crippen LogP contribution < -0.4 is 5.32 Å². The van der Waals surface area contributed by atoms with Gasteiger partial charge in [0.05, 0.1) is 37.6 Å². The Morgan fingerprint density at radius 1 is 1.19 bits per heavy atom. The molecule has 0 unspecified atom stereocenters. The summed E-state index contributed by atoms with van der Waals surface area (Å²) in [4.78, 5) is 13.9. The average Bonchev–Trinajstić information content (AvgIpc) is 3.52. The van der Waals surface area contributed by atoms with Crippen molar-refractivity contribution in [2.45, 2.75) is 58.0 Å². The van der Waals surface area contributed by atoms with Crippen molar-refractivity contribution < 1.29 is 32.5 Å². The van der Waals surface area contributed by atoms with E-state index >= 15 is 0 Å². The summed E-state index contributed by atoms with van der Waals surface area (Å²) in [5, 5.41) is 25.8. The smallest absolute Gasteiger partial charge is 0.390 e. The number of phenols is 1. The minimum absolute atomic E-state index is 0.0734. The highest BCUT2D eigenvalue weighted by Crippen LogP contribution is 2.45. The number of ether oxygens (including phenoxy) is 2. The third kappa shape index (κ3) is 6.88. The van der Waals surface area contributed by atoms with E-state index in [0.29, 0.717) is 48.2 Å². The van der Waals surface area contributed by atoms with Gasteiger partial charge >= 0.3 is 12.2 Å². The first-order chi connectivity index (χ1) is 20.1. The number of nitrogens with zero attached hydrogens (tertiary/aromatic N) is 3. The number of phenolic OH excluding ortho intramolecular Hbond substituents is 1. The lowest BCUT2D eigenvalue weighted by atomic mass is 10.1. The van der Waals surface area contributed by atoms with Crippen LogP contribution in [0.15, 0.2) is 48.5 Å². The van der Waals surface area contributed by atoms with Gasteiger partial charge in [-0.25, -0.2) is 9.48 Å². The van der Waals surface area contributed by atoms with E-state index in [2.05, 4.69) is 5.32 Å². The zero-order valence-corrected chi connectivity index (χ0v) is 24.1.